The molecule has 0 radical (unpaired) electrons. The number of ether oxygens (including phenoxy) is 1. The van der Waals surface area contributed by atoms with E-state index in [1.165, 1.54) is 4.90 Å². The van der Waals surface area contributed by atoms with Crippen molar-refractivity contribution in [3.63, 3.8) is 0 Å². The van der Waals surface area contributed by atoms with E-state index in [1.807, 2.05) is 81.4 Å². The maximum absolute atomic E-state index is 12.9. The molecule has 2 aromatic rings. The number of benzene rings is 2. The van der Waals surface area contributed by atoms with E-state index in [0.29, 0.717) is 5.69 Å². The summed E-state index contributed by atoms with van der Waals surface area (Å²) in [5.74, 6) is -0.0222. The van der Waals surface area contributed by atoms with Crippen molar-refractivity contribution in [1.82, 2.24) is 0 Å². The zero-order valence-corrected chi connectivity index (χ0v) is 15.6. The Morgan fingerprint density at radius 3 is 2.15 bits per heavy atom. The quantitative estimate of drug-likeness (QED) is 0.772. The minimum absolute atomic E-state index is 0.0937. The van der Waals surface area contributed by atoms with Gasteiger partial charge in [-0.3, -0.25) is 14.5 Å². The van der Waals surface area contributed by atoms with Gasteiger partial charge in [0.05, 0.1) is 17.7 Å². The minimum Gasteiger partial charge on any atom is -0.491 e. The first kappa shape index (κ1) is 18.0. The molecular formula is C21H24N2O3. The van der Waals surface area contributed by atoms with Crippen LogP contribution in [0.2, 0.25) is 0 Å². The van der Waals surface area contributed by atoms with Gasteiger partial charge in [0.15, 0.2) is 0 Å². The summed E-state index contributed by atoms with van der Waals surface area (Å²) in [7, 11) is 3.90. The average molecular weight is 352 g/mol. The molecule has 0 unspecified atom stereocenters. The Balaban J connectivity index is 1.80. The van der Waals surface area contributed by atoms with E-state index in [4.69, 9.17) is 4.74 Å². The number of hydrogen-bond acceptors (Lipinski definition) is 4. The summed E-state index contributed by atoms with van der Waals surface area (Å²) in [5, 5.41) is 0. The Hall–Kier alpha value is -2.82. The molecule has 3 rings (SSSR count). The van der Waals surface area contributed by atoms with Crippen LogP contribution in [-0.2, 0) is 9.59 Å². The van der Waals surface area contributed by atoms with Crippen LogP contribution in [0.15, 0.2) is 48.5 Å². The average Bonchev–Trinajstić information content (AvgIpc) is 2.89. The van der Waals surface area contributed by atoms with Gasteiger partial charge in [-0.05, 0) is 55.8 Å². The smallest absolute Gasteiger partial charge is 0.241 e. The summed E-state index contributed by atoms with van der Waals surface area (Å²) in [5.41, 5.74) is 2.48. The van der Waals surface area contributed by atoms with Gasteiger partial charge in [0, 0.05) is 26.2 Å². The highest BCUT2D eigenvalue weighted by Crippen LogP contribution is 2.34. The van der Waals surface area contributed by atoms with Crippen LogP contribution in [-0.4, -0.2) is 32.0 Å². The van der Waals surface area contributed by atoms with Crippen LogP contribution in [0, 0.1) is 0 Å². The lowest BCUT2D eigenvalue weighted by Crippen LogP contribution is -2.30. The minimum atomic E-state index is -0.441. The number of imide groups is 1. The fourth-order valence-corrected chi connectivity index (χ4v) is 3.11. The number of nitrogens with zero attached hydrogens (tertiary/aromatic N) is 2. The molecule has 1 aliphatic heterocycles. The molecule has 1 fully saturated rings. The van der Waals surface area contributed by atoms with Crippen LogP contribution in [0.25, 0.3) is 0 Å². The van der Waals surface area contributed by atoms with E-state index in [2.05, 4.69) is 0 Å². The largest absolute Gasteiger partial charge is 0.491 e. The third-order valence-corrected chi connectivity index (χ3v) is 4.43. The van der Waals surface area contributed by atoms with Crippen molar-refractivity contribution < 1.29 is 14.3 Å². The molecule has 0 spiro atoms. The van der Waals surface area contributed by atoms with Crippen LogP contribution in [0.3, 0.4) is 0 Å². The SMILES string of the molecule is CC(C)Oc1ccc([C@H]2CC(=O)N(c3ccc(N(C)C)cc3)C2=O)cc1. The number of rotatable bonds is 5. The highest BCUT2D eigenvalue weighted by Gasteiger charge is 2.40. The van der Waals surface area contributed by atoms with Crippen LogP contribution in [0.1, 0.15) is 31.7 Å². The van der Waals surface area contributed by atoms with Crippen LogP contribution < -0.4 is 14.5 Å². The van der Waals surface area contributed by atoms with Crippen molar-refractivity contribution in [1.29, 1.82) is 0 Å². The van der Waals surface area contributed by atoms with E-state index in [9.17, 15) is 9.59 Å². The van der Waals surface area contributed by atoms with Crippen LogP contribution >= 0.6 is 0 Å². The van der Waals surface area contributed by atoms with Crippen molar-refractivity contribution in [2.24, 2.45) is 0 Å². The van der Waals surface area contributed by atoms with Gasteiger partial charge in [0.1, 0.15) is 5.75 Å². The molecule has 1 atom stereocenters. The first-order valence-corrected chi connectivity index (χ1v) is 8.77. The van der Waals surface area contributed by atoms with Gasteiger partial charge in [-0.2, -0.15) is 0 Å². The van der Waals surface area contributed by atoms with E-state index in [0.717, 1.165) is 17.0 Å². The third kappa shape index (κ3) is 3.57. The predicted molar refractivity (Wildman–Crippen MR) is 103 cm³/mol. The molecule has 5 nitrogen and oxygen atoms in total. The lowest BCUT2D eigenvalue weighted by atomic mass is 9.97. The molecule has 5 heteroatoms. The second-order valence-corrected chi connectivity index (χ2v) is 6.97. The Morgan fingerprint density at radius 1 is 1.00 bits per heavy atom. The van der Waals surface area contributed by atoms with Crippen molar-refractivity contribution in [3.8, 4) is 5.75 Å². The predicted octanol–water partition coefficient (Wildman–Crippen LogP) is 3.59. The molecule has 0 aliphatic carbocycles. The number of anilines is 2. The summed E-state index contributed by atoms with van der Waals surface area (Å²) < 4.78 is 5.63. The van der Waals surface area contributed by atoms with Gasteiger partial charge in [-0.1, -0.05) is 12.1 Å². The Kier molecular flexibility index (Phi) is 4.98. The first-order chi connectivity index (χ1) is 12.4. The summed E-state index contributed by atoms with van der Waals surface area (Å²) in [4.78, 5) is 28.6. The van der Waals surface area contributed by atoms with Crippen molar-refractivity contribution in [2.75, 3.05) is 23.9 Å². The van der Waals surface area contributed by atoms with Gasteiger partial charge >= 0.3 is 0 Å². The fraction of sp³-hybridized carbons (Fsp3) is 0.333. The van der Waals surface area contributed by atoms with Crippen molar-refractivity contribution in [2.45, 2.75) is 32.3 Å². The Labute approximate surface area is 154 Å². The van der Waals surface area contributed by atoms with E-state index >= 15 is 0 Å². The Morgan fingerprint density at radius 2 is 1.62 bits per heavy atom. The molecular weight excluding hydrogens is 328 g/mol. The topological polar surface area (TPSA) is 49.9 Å². The molecule has 26 heavy (non-hydrogen) atoms. The number of carbonyl (C=O) groups excluding carboxylic acids is 2. The Bertz CT molecular complexity index is 795. The van der Waals surface area contributed by atoms with Crippen LogP contribution in [0.4, 0.5) is 11.4 Å². The van der Waals surface area contributed by atoms with Crippen LogP contribution in [0.5, 0.6) is 5.75 Å². The zero-order chi connectivity index (χ0) is 18.8. The van der Waals surface area contributed by atoms with Gasteiger partial charge in [-0.25, -0.2) is 0 Å². The van der Waals surface area contributed by atoms with Gasteiger partial charge in [0.25, 0.3) is 0 Å². The maximum atomic E-state index is 12.9. The molecule has 0 saturated carbocycles. The lowest BCUT2D eigenvalue weighted by molar-refractivity contribution is -0.121. The fourth-order valence-electron chi connectivity index (χ4n) is 3.11. The van der Waals surface area contributed by atoms with E-state index in [-0.39, 0.29) is 24.3 Å². The molecule has 2 aromatic carbocycles. The summed E-state index contributed by atoms with van der Waals surface area (Å²) in [6, 6.07) is 14.9. The summed E-state index contributed by atoms with van der Waals surface area (Å²) >= 11 is 0. The molecule has 136 valence electrons. The van der Waals surface area contributed by atoms with Crippen molar-refractivity contribution in [3.05, 3.63) is 54.1 Å². The maximum Gasteiger partial charge on any atom is 0.241 e. The summed E-state index contributed by atoms with van der Waals surface area (Å²) in [6.07, 6.45) is 0.287. The summed E-state index contributed by atoms with van der Waals surface area (Å²) in [6.45, 7) is 3.93. The molecule has 1 aliphatic rings. The monoisotopic (exact) mass is 352 g/mol. The van der Waals surface area contributed by atoms with E-state index in [1.54, 1.807) is 0 Å². The number of hydrogen-bond donors (Lipinski definition) is 0. The molecule has 0 aromatic heterocycles. The molecule has 2 amide bonds. The van der Waals surface area contributed by atoms with E-state index < -0.39 is 5.92 Å². The second kappa shape index (κ2) is 7.20. The molecule has 1 heterocycles. The van der Waals surface area contributed by atoms with Gasteiger partial charge in [0.2, 0.25) is 11.8 Å². The molecule has 0 N–H and O–H groups in total. The lowest BCUT2D eigenvalue weighted by Gasteiger charge is -2.18. The molecule has 1 saturated heterocycles. The number of amides is 2. The van der Waals surface area contributed by atoms with Gasteiger partial charge in [-0.15, -0.1) is 0 Å². The standard InChI is InChI=1S/C21H24N2O3/c1-14(2)26-18-11-5-15(6-12-18)19-13-20(24)23(21(19)25)17-9-7-16(8-10-17)22(3)4/h5-12,14,19H,13H2,1-4H3/t19-/m1/s1. The highest BCUT2D eigenvalue weighted by atomic mass is 16.5. The zero-order valence-electron chi connectivity index (χ0n) is 15.6. The third-order valence-electron chi connectivity index (χ3n) is 4.43. The molecule has 0 bridgehead atoms. The number of carbonyl (C=O) groups is 2. The second-order valence-electron chi connectivity index (χ2n) is 6.97. The first-order valence-electron chi connectivity index (χ1n) is 8.77. The normalized spacial score (nSPS) is 17.1. The highest BCUT2D eigenvalue weighted by molar-refractivity contribution is 6.22. The van der Waals surface area contributed by atoms with Crippen molar-refractivity contribution >= 4 is 23.2 Å². The van der Waals surface area contributed by atoms with Gasteiger partial charge < -0.3 is 9.64 Å².